The van der Waals surface area contributed by atoms with Crippen LogP contribution in [0.1, 0.15) is 17.3 Å². The van der Waals surface area contributed by atoms with E-state index in [4.69, 9.17) is 22.1 Å². The molecule has 2 aromatic rings. The summed E-state index contributed by atoms with van der Waals surface area (Å²) in [5.41, 5.74) is 6.51. The molecule has 0 aliphatic heterocycles. The van der Waals surface area contributed by atoms with Crippen molar-refractivity contribution in [2.75, 3.05) is 31.3 Å². The third-order valence-electron chi connectivity index (χ3n) is 4.31. The second-order valence-corrected chi connectivity index (χ2v) is 6.85. The highest BCUT2D eigenvalue weighted by Gasteiger charge is 2.21. The molecule has 0 saturated carbocycles. The lowest BCUT2D eigenvalue weighted by Gasteiger charge is -2.23. The Bertz CT molecular complexity index is 902. The number of amides is 3. The van der Waals surface area contributed by atoms with E-state index in [1.54, 1.807) is 49.2 Å². The van der Waals surface area contributed by atoms with E-state index in [0.29, 0.717) is 27.7 Å². The molecule has 8 nitrogen and oxygen atoms in total. The van der Waals surface area contributed by atoms with Gasteiger partial charge in [-0.15, -0.1) is 0 Å². The van der Waals surface area contributed by atoms with E-state index in [1.807, 2.05) is 0 Å². The van der Waals surface area contributed by atoms with E-state index in [9.17, 15) is 14.4 Å². The Labute approximate surface area is 174 Å². The van der Waals surface area contributed by atoms with E-state index in [2.05, 4.69) is 10.6 Å². The van der Waals surface area contributed by atoms with Gasteiger partial charge in [-0.1, -0.05) is 11.6 Å². The standard InChI is InChI=1S/C20H23ClN4O4/c1-12(20(28)23-15-7-4-13(5-8-15)19(22)27)25(2)11-18(26)24-16-10-14(21)6-9-17(16)29-3/h4-10,12H,11H2,1-3H3,(H2,22,27)(H,23,28)(H,24,26)/t12-/m0/s1. The number of hydrogen-bond acceptors (Lipinski definition) is 5. The minimum atomic E-state index is -0.585. The quantitative estimate of drug-likeness (QED) is 0.608. The van der Waals surface area contributed by atoms with Gasteiger partial charge < -0.3 is 21.1 Å². The maximum absolute atomic E-state index is 12.4. The van der Waals surface area contributed by atoms with Crippen LogP contribution in [0.2, 0.25) is 5.02 Å². The number of nitrogens with one attached hydrogen (secondary N) is 2. The van der Waals surface area contributed by atoms with E-state index in [0.717, 1.165) is 0 Å². The first-order valence-electron chi connectivity index (χ1n) is 8.75. The van der Waals surface area contributed by atoms with Gasteiger partial charge in [0, 0.05) is 16.3 Å². The Hall–Kier alpha value is -3.10. The fourth-order valence-electron chi connectivity index (χ4n) is 2.50. The van der Waals surface area contributed by atoms with Crippen LogP contribution in [0.5, 0.6) is 5.75 Å². The van der Waals surface area contributed by atoms with Gasteiger partial charge in [-0.2, -0.15) is 0 Å². The Kier molecular flexibility index (Phi) is 7.58. The highest BCUT2D eigenvalue weighted by molar-refractivity contribution is 6.31. The smallest absolute Gasteiger partial charge is 0.248 e. The molecule has 0 spiro atoms. The lowest BCUT2D eigenvalue weighted by atomic mass is 10.2. The van der Waals surface area contributed by atoms with Gasteiger partial charge in [0.05, 0.1) is 25.4 Å². The van der Waals surface area contributed by atoms with Gasteiger partial charge in [0.25, 0.3) is 0 Å². The first kappa shape index (κ1) is 22.2. The summed E-state index contributed by atoms with van der Waals surface area (Å²) in [4.78, 5) is 37.5. The van der Waals surface area contributed by atoms with Gasteiger partial charge in [0.2, 0.25) is 17.7 Å². The fraction of sp³-hybridized carbons (Fsp3) is 0.250. The molecule has 9 heteroatoms. The van der Waals surface area contributed by atoms with Crippen molar-refractivity contribution in [1.82, 2.24) is 4.90 Å². The summed E-state index contributed by atoms with van der Waals surface area (Å²) in [6, 6.07) is 10.5. The number of rotatable bonds is 8. The van der Waals surface area contributed by atoms with Crippen LogP contribution in [-0.4, -0.2) is 49.4 Å². The topological polar surface area (TPSA) is 114 Å². The number of ether oxygens (including phenoxy) is 1. The van der Waals surface area contributed by atoms with E-state index in [-0.39, 0.29) is 18.4 Å². The Morgan fingerprint density at radius 2 is 1.79 bits per heavy atom. The minimum absolute atomic E-state index is 0.0229. The van der Waals surface area contributed by atoms with Crippen LogP contribution in [0.25, 0.3) is 0 Å². The minimum Gasteiger partial charge on any atom is -0.495 e. The largest absolute Gasteiger partial charge is 0.495 e. The number of anilines is 2. The van der Waals surface area contributed by atoms with Gasteiger partial charge in [0.1, 0.15) is 5.75 Å². The summed E-state index contributed by atoms with van der Waals surface area (Å²) in [6.45, 7) is 1.66. The van der Waals surface area contributed by atoms with Crippen LogP contribution in [0.15, 0.2) is 42.5 Å². The van der Waals surface area contributed by atoms with Gasteiger partial charge in [0.15, 0.2) is 0 Å². The van der Waals surface area contributed by atoms with Gasteiger partial charge >= 0.3 is 0 Å². The molecule has 29 heavy (non-hydrogen) atoms. The molecule has 0 aliphatic carbocycles. The Morgan fingerprint density at radius 3 is 2.38 bits per heavy atom. The monoisotopic (exact) mass is 418 g/mol. The number of methoxy groups -OCH3 is 1. The lowest BCUT2D eigenvalue weighted by Crippen LogP contribution is -2.43. The van der Waals surface area contributed by atoms with E-state index >= 15 is 0 Å². The van der Waals surface area contributed by atoms with Gasteiger partial charge in [-0.05, 0) is 56.4 Å². The molecule has 2 rings (SSSR count). The van der Waals surface area contributed by atoms with Crippen LogP contribution >= 0.6 is 11.6 Å². The van der Waals surface area contributed by atoms with Crippen LogP contribution in [0.3, 0.4) is 0 Å². The Balaban J connectivity index is 1.94. The summed E-state index contributed by atoms with van der Waals surface area (Å²) < 4.78 is 5.20. The van der Waals surface area contributed by atoms with Crippen molar-refractivity contribution in [3.8, 4) is 5.75 Å². The molecule has 4 N–H and O–H groups in total. The molecule has 1 atom stereocenters. The number of carbonyl (C=O) groups excluding carboxylic acids is 3. The number of halogens is 1. The second kappa shape index (κ2) is 9.90. The normalized spacial score (nSPS) is 11.6. The number of primary amides is 1. The number of likely N-dealkylation sites (N-methyl/N-ethyl adjacent to an activating group) is 1. The number of hydrogen-bond donors (Lipinski definition) is 3. The van der Waals surface area contributed by atoms with E-state index in [1.165, 1.54) is 19.2 Å². The number of nitrogens with two attached hydrogens (primary N) is 1. The van der Waals surface area contributed by atoms with Crippen molar-refractivity contribution in [3.63, 3.8) is 0 Å². The molecule has 3 amide bonds. The van der Waals surface area contributed by atoms with Crippen molar-refractivity contribution in [2.45, 2.75) is 13.0 Å². The molecule has 0 fully saturated rings. The molecule has 0 aromatic heterocycles. The van der Waals surface area contributed by atoms with Crippen molar-refractivity contribution in [2.24, 2.45) is 5.73 Å². The molecular formula is C20H23ClN4O4. The average molecular weight is 419 g/mol. The second-order valence-electron chi connectivity index (χ2n) is 6.41. The molecule has 154 valence electrons. The third kappa shape index (κ3) is 6.20. The molecule has 0 heterocycles. The van der Waals surface area contributed by atoms with Gasteiger partial charge in [-0.3, -0.25) is 19.3 Å². The summed E-state index contributed by atoms with van der Waals surface area (Å²) in [6.07, 6.45) is 0. The highest BCUT2D eigenvalue weighted by Crippen LogP contribution is 2.27. The predicted molar refractivity (Wildman–Crippen MR) is 112 cm³/mol. The van der Waals surface area contributed by atoms with Crippen molar-refractivity contribution in [1.29, 1.82) is 0 Å². The average Bonchev–Trinajstić information content (AvgIpc) is 2.67. The maximum atomic E-state index is 12.4. The zero-order chi connectivity index (χ0) is 21.6. The highest BCUT2D eigenvalue weighted by atomic mass is 35.5. The summed E-state index contributed by atoms with van der Waals surface area (Å²) in [5, 5.41) is 5.93. The third-order valence-corrected chi connectivity index (χ3v) is 4.54. The van der Waals surface area contributed by atoms with Gasteiger partial charge in [-0.25, -0.2) is 0 Å². The van der Waals surface area contributed by atoms with Crippen molar-refractivity contribution >= 4 is 40.7 Å². The lowest BCUT2D eigenvalue weighted by molar-refractivity contribution is -0.122. The number of benzene rings is 2. The first-order valence-corrected chi connectivity index (χ1v) is 9.13. The van der Waals surface area contributed by atoms with Crippen LogP contribution in [0.4, 0.5) is 11.4 Å². The summed E-state index contributed by atoms with van der Waals surface area (Å²) in [5.74, 6) is -0.681. The van der Waals surface area contributed by atoms with Crippen LogP contribution in [0, 0.1) is 0 Å². The fourth-order valence-corrected chi connectivity index (χ4v) is 2.67. The maximum Gasteiger partial charge on any atom is 0.248 e. The summed E-state index contributed by atoms with van der Waals surface area (Å²) >= 11 is 5.96. The zero-order valence-electron chi connectivity index (χ0n) is 16.4. The van der Waals surface area contributed by atoms with Crippen molar-refractivity contribution < 1.29 is 19.1 Å². The SMILES string of the molecule is COc1ccc(Cl)cc1NC(=O)CN(C)[C@@H](C)C(=O)Nc1ccc(C(N)=O)cc1. The summed E-state index contributed by atoms with van der Waals surface area (Å²) in [7, 11) is 3.16. The first-order chi connectivity index (χ1) is 13.7. The molecule has 0 aliphatic rings. The Morgan fingerprint density at radius 1 is 1.14 bits per heavy atom. The molecule has 2 aromatic carbocycles. The molecule has 0 bridgehead atoms. The molecular weight excluding hydrogens is 396 g/mol. The van der Waals surface area contributed by atoms with E-state index < -0.39 is 11.9 Å². The van der Waals surface area contributed by atoms with Crippen LogP contribution < -0.4 is 21.1 Å². The molecule has 0 saturated heterocycles. The number of nitrogens with zero attached hydrogens (tertiary/aromatic N) is 1. The zero-order valence-corrected chi connectivity index (χ0v) is 17.1. The molecule has 0 radical (unpaired) electrons. The molecule has 0 unspecified atom stereocenters. The predicted octanol–water partition coefficient (Wildman–Crippen LogP) is 2.34. The number of carbonyl (C=O) groups is 3. The van der Waals surface area contributed by atoms with Crippen LogP contribution in [-0.2, 0) is 9.59 Å². The van der Waals surface area contributed by atoms with Crippen molar-refractivity contribution in [3.05, 3.63) is 53.1 Å².